The normalized spacial score (nSPS) is 11.5. The highest BCUT2D eigenvalue weighted by molar-refractivity contribution is 6.19. The second-order valence-electron chi connectivity index (χ2n) is 10.2. The highest BCUT2D eigenvalue weighted by Crippen LogP contribution is 2.41. The van der Waals surface area contributed by atoms with Crippen LogP contribution in [-0.4, -0.2) is 0 Å². The van der Waals surface area contributed by atoms with Gasteiger partial charge in [-0.15, -0.1) is 0 Å². The Morgan fingerprint density at radius 2 is 1.02 bits per heavy atom. The molecule has 0 amide bonds. The van der Waals surface area contributed by atoms with Crippen molar-refractivity contribution in [3.8, 4) is 11.1 Å². The third-order valence-electron chi connectivity index (χ3n) is 7.83. The fourth-order valence-electron chi connectivity index (χ4n) is 5.92. The minimum atomic E-state index is 0.920. The van der Waals surface area contributed by atoms with Gasteiger partial charge in [-0.25, -0.2) is 0 Å². The Hall–Kier alpha value is -5.34. The smallest absolute Gasteiger partial charge is 0.143 e. The quantitative estimate of drug-likeness (QED) is 0.234. The first-order valence-corrected chi connectivity index (χ1v) is 13.6. The molecule has 188 valence electrons. The second kappa shape index (κ2) is 9.14. The van der Waals surface area contributed by atoms with Gasteiger partial charge in [0.15, 0.2) is 0 Å². The van der Waals surface area contributed by atoms with Gasteiger partial charge in [-0.1, -0.05) is 103 Å². The van der Waals surface area contributed by atoms with Crippen molar-refractivity contribution in [2.24, 2.45) is 0 Å². The Balaban J connectivity index is 1.29. The van der Waals surface area contributed by atoms with Gasteiger partial charge in [0, 0.05) is 33.2 Å². The van der Waals surface area contributed by atoms with Gasteiger partial charge in [-0.05, 0) is 75.8 Å². The third kappa shape index (κ3) is 3.65. The Morgan fingerprint density at radius 3 is 1.85 bits per heavy atom. The maximum atomic E-state index is 6.33. The van der Waals surface area contributed by atoms with Gasteiger partial charge in [-0.3, -0.25) is 0 Å². The number of hydrogen-bond acceptors (Lipinski definition) is 2. The van der Waals surface area contributed by atoms with E-state index >= 15 is 0 Å². The molecule has 0 aliphatic carbocycles. The molecule has 0 aliphatic rings. The summed E-state index contributed by atoms with van der Waals surface area (Å²) in [5.74, 6) is 0. The lowest BCUT2D eigenvalue weighted by molar-refractivity contribution is 0.672. The van der Waals surface area contributed by atoms with Crippen LogP contribution < -0.4 is 4.90 Å². The molecule has 2 nitrogen and oxygen atoms in total. The molecule has 0 saturated heterocycles. The SMILES string of the molecule is c1ccc(N(c2ccc(-c3cc4c5ccccc5oc4c4ccccc34)cc2)c2ccc3ccccc3c2)cc1. The summed E-state index contributed by atoms with van der Waals surface area (Å²) in [6, 6.07) is 53.8. The zero-order valence-corrected chi connectivity index (χ0v) is 21.8. The van der Waals surface area contributed by atoms with E-state index in [2.05, 4.69) is 144 Å². The lowest BCUT2D eigenvalue weighted by Gasteiger charge is -2.26. The van der Waals surface area contributed by atoms with Gasteiger partial charge in [-0.2, -0.15) is 0 Å². The van der Waals surface area contributed by atoms with Gasteiger partial charge >= 0.3 is 0 Å². The van der Waals surface area contributed by atoms with Gasteiger partial charge in [0.25, 0.3) is 0 Å². The summed E-state index contributed by atoms with van der Waals surface area (Å²) in [7, 11) is 0. The second-order valence-corrected chi connectivity index (χ2v) is 10.2. The molecule has 1 heterocycles. The largest absolute Gasteiger partial charge is 0.455 e. The molecule has 0 radical (unpaired) electrons. The van der Waals surface area contributed by atoms with Gasteiger partial charge in [0.1, 0.15) is 11.2 Å². The molecule has 0 unspecified atom stereocenters. The van der Waals surface area contributed by atoms with Crippen molar-refractivity contribution < 1.29 is 4.42 Å². The molecule has 0 aliphatic heterocycles. The molecule has 0 spiro atoms. The van der Waals surface area contributed by atoms with Crippen LogP contribution in [0.1, 0.15) is 0 Å². The van der Waals surface area contributed by atoms with Crippen LogP contribution in [0.25, 0.3) is 54.6 Å². The van der Waals surface area contributed by atoms with Crippen LogP contribution in [0.3, 0.4) is 0 Å². The van der Waals surface area contributed by atoms with Crippen LogP contribution in [0.5, 0.6) is 0 Å². The molecule has 0 fully saturated rings. The van der Waals surface area contributed by atoms with Crippen molar-refractivity contribution in [2.45, 2.75) is 0 Å². The average Bonchev–Trinajstić information content (AvgIpc) is 3.41. The highest BCUT2D eigenvalue weighted by atomic mass is 16.3. The monoisotopic (exact) mass is 511 g/mol. The first-order valence-electron chi connectivity index (χ1n) is 13.6. The Bertz CT molecular complexity index is 2160. The number of benzene rings is 7. The Morgan fingerprint density at radius 1 is 0.400 bits per heavy atom. The fourth-order valence-corrected chi connectivity index (χ4v) is 5.92. The maximum absolute atomic E-state index is 6.33. The van der Waals surface area contributed by atoms with E-state index in [0.717, 1.165) is 44.4 Å². The van der Waals surface area contributed by atoms with Crippen LogP contribution in [0.4, 0.5) is 17.1 Å². The third-order valence-corrected chi connectivity index (χ3v) is 7.83. The molecule has 0 atom stereocenters. The molecule has 40 heavy (non-hydrogen) atoms. The molecule has 7 aromatic carbocycles. The molecular weight excluding hydrogens is 486 g/mol. The summed E-state index contributed by atoms with van der Waals surface area (Å²) < 4.78 is 6.33. The van der Waals surface area contributed by atoms with Gasteiger partial charge in [0.05, 0.1) is 0 Å². The van der Waals surface area contributed by atoms with Crippen molar-refractivity contribution in [1.29, 1.82) is 0 Å². The van der Waals surface area contributed by atoms with Crippen LogP contribution >= 0.6 is 0 Å². The fraction of sp³-hybridized carbons (Fsp3) is 0. The average molecular weight is 512 g/mol. The molecule has 0 N–H and O–H groups in total. The number of hydrogen-bond donors (Lipinski definition) is 0. The van der Waals surface area contributed by atoms with E-state index in [-0.39, 0.29) is 0 Å². The standard InChI is InChI=1S/C38H25NO/c1-2-12-29(13-3-1)39(31-23-18-26-10-4-5-11-28(26)24-31)30-21-19-27(20-22-30)35-25-36-33-15-8-9-17-37(33)40-38(36)34-16-7-6-14-32(34)35/h1-25H. The summed E-state index contributed by atoms with van der Waals surface area (Å²) in [5.41, 5.74) is 7.63. The lowest BCUT2D eigenvalue weighted by atomic mass is 9.95. The summed E-state index contributed by atoms with van der Waals surface area (Å²) in [6.07, 6.45) is 0. The summed E-state index contributed by atoms with van der Waals surface area (Å²) in [5, 5.41) is 7.09. The Kier molecular flexibility index (Phi) is 5.17. The van der Waals surface area contributed by atoms with Crippen LogP contribution in [0.15, 0.2) is 156 Å². The first-order chi connectivity index (χ1) is 19.8. The van der Waals surface area contributed by atoms with Crippen molar-refractivity contribution in [3.63, 3.8) is 0 Å². The molecule has 0 bridgehead atoms. The molecule has 2 heteroatoms. The molecule has 1 aromatic heterocycles. The summed E-state index contributed by atoms with van der Waals surface area (Å²) in [6.45, 7) is 0. The van der Waals surface area contributed by atoms with E-state index in [4.69, 9.17) is 4.42 Å². The van der Waals surface area contributed by atoms with Crippen molar-refractivity contribution >= 4 is 60.5 Å². The molecule has 8 rings (SSSR count). The van der Waals surface area contributed by atoms with E-state index < -0.39 is 0 Å². The predicted molar refractivity (Wildman–Crippen MR) is 169 cm³/mol. The van der Waals surface area contributed by atoms with E-state index in [1.54, 1.807) is 0 Å². The highest BCUT2D eigenvalue weighted by Gasteiger charge is 2.16. The maximum Gasteiger partial charge on any atom is 0.143 e. The summed E-state index contributed by atoms with van der Waals surface area (Å²) in [4.78, 5) is 2.32. The number of furan rings is 1. The zero-order valence-electron chi connectivity index (χ0n) is 21.8. The van der Waals surface area contributed by atoms with Crippen LogP contribution in [0, 0.1) is 0 Å². The molecule has 8 aromatic rings. The van der Waals surface area contributed by atoms with Crippen molar-refractivity contribution in [2.75, 3.05) is 4.90 Å². The molecular formula is C38H25NO. The molecule has 0 saturated carbocycles. The zero-order chi connectivity index (χ0) is 26.5. The van der Waals surface area contributed by atoms with E-state index in [9.17, 15) is 0 Å². The van der Waals surface area contributed by atoms with Crippen molar-refractivity contribution in [1.82, 2.24) is 0 Å². The predicted octanol–water partition coefficient (Wildman–Crippen LogP) is 11.0. The topological polar surface area (TPSA) is 16.4 Å². The van der Waals surface area contributed by atoms with E-state index in [1.807, 2.05) is 12.1 Å². The Labute approximate surface area is 232 Å². The van der Waals surface area contributed by atoms with Crippen LogP contribution in [0.2, 0.25) is 0 Å². The number of fused-ring (bicyclic) bond motifs is 6. The van der Waals surface area contributed by atoms with Crippen LogP contribution in [-0.2, 0) is 0 Å². The van der Waals surface area contributed by atoms with Crippen molar-refractivity contribution in [3.05, 3.63) is 152 Å². The first kappa shape index (κ1) is 22.6. The van der Waals surface area contributed by atoms with Gasteiger partial charge < -0.3 is 9.32 Å². The summed E-state index contributed by atoms with van der Waals surface area (Å²) >= 11 is 0. The minimum absolute atomic E-state index is 0.920. The van der Waals surface area contributed by atoms with E-state index in [0.29, 0.717) is 0 Å². The van der Waals surface area contributed by atoms with Gasteiger partial charge in [0.2, 0.25) is 0 Å². The number of anilines is 3. The minimum Gasteiger partial charge on any atom is -0.455 e. The van der Waals surface area contributed by atoms with E-state index in [1.165, 1.54) is 27.3 Å². The number of nitrogens with zero attached hydrogens (tertiary/aromatic N) is 1. The lowest BCUT2D eigenvalue weighted by Crippen LogP contribution is -2.09. The number of para-hydroxylation sites is 2. The number of rotatable bonds is 4.